The van der Waals surface area contributed by atoms with Gasteiger partial charge < -0.3 is 4.90 Å². The number of sulfonamides is 1. The first-order valence-electron chi connectivity index (χ1n) is 12.0. The van der Waals surface area contributed by atoms with Gasteiger partial charge >= 0.3 is 0 Å². The van der Waals surface area contributed by atoms with E-state index in [1.54, 1.807) is 47.4 Å². The molecule has 0 atom stereocenters. The molecule has 7 nitrogen and oxygen atoms in total. The Bertz CT molecular complexity index is 1470. The number of rotatable bonds is 10. The Morgan fingerprint density at radius 1 is 0.946 bits per heavy atom. The molecular formula is C27H29ClN4O3S2. The summed E-state index contributed by atoms with van der Waals surface area (Å²) in [6, 6.07) is 20.4. The zero-order chi connectivity index (χ0) is 26.6. The zero-order valence-corrected chi connectivity index (χ0v) is 23.4. The number of aromatic nitrogens is 1. The Morgan fingerprint density at radius 3 is 2.27 bits per heavy atom. The van der Waals surface area contributed by atoms with E-state index < -0.39 is 10.0 Å². The number of carbonyl (C=O) groups excluding carboxylic acids is 1. The van der Waals surface area contributed by atoms with Crippen molar-refractivity contribution in [1.29, 1.82) is 0 Å². The van der Waals surface area contributed by atoms with Gasteiger partial charge in [0.05, 0.1) is 20.8 Å². The van der Waals surface area contributed by atoms with Crippen LogP contribution in [0.4, 0.5) is 10.8 Å². The third-order valence-corrected chi connectivity index (χ3v) is 9.31. The van der Waals surface area contributed by atoms with Crippen molar-refractivity contribution < 1.29 is 13.2 Å². The SMILES string of the molecule is CCN(CC)CCN(C(=O)c1ccc(S(=O)(=O)N(C)c2ccccc2)cc1)c1nc2ccc(Cl)cc2s1. The summed E-state index contributed by atoms with van der Waals surface area (Å²) in [6.07, 6.45) is 0. The van der Waals surface area contributed by atoms with Gasteiger partial charge in [-0.2, -0.15) is 0 Å². The molecule has 0 saturated carbocycles. The van der Waals surface area contributed by atoms with Crippen LogP contribution in [0.25, 0.3) is 10.2 Å². The van der Waals surface area contributed by atoms with E-state index in [0.717, 1.165) is 23.3 Å². The smallest absolute Gasteiger partial charge is 0.264 e. The Labute approximate surface area is 227 Å². The van der Waals surface area contributed by atoms with Crippen LogP contribution in [-0.2, 0) is 10.0 Å². The lowest BCUT2D eigenvalue weighted by atomic mass is 10.2. The lowest BCUT2D eigenvalue weighted by Gasteiger charge is -2.25. The number of fused-ring (bicyclic) bond motifs is 1. The number of para-hydroxylation sites is 1. The fourth-order valence-corrected chi connectivity index (χ4v) is 6.39. The predicted molar refractivity (Wildman–Crippen MR) is 153 cm³/mol. The van der Waals surface area contributed by atoms with E-state index in [1.807, 2.05) is 18.2 Å². The molecule has 10 heteroatoms. The lowest BCUT2D eigenvalue weighted by Crippen LogP contribution is -2.38. The van der Waals surface area contributed by atoms with Crippen molar-refractivity contribution >= 4 is 59.9 Å². The molecule has 0 aliphatic heterocycles. The minimum atomic E-state index is -3.78. The Kier molecular flexibility index (Phi) is 8.49. The molecule has 0 aliphatic rings. The first kappa shape index (κ1) is 27.1. The fourth-order valence-electron chi connectivity index (χ4n) is 3.93. The fraction of sp³-hybridized carbons (Fsp3) is 0.259. The van der Waals surface area contributed by atoms with Gasteiger partial charge in [0, 0.05) is 30.7 Å². The van der Waals surface area contributed by atoms with Gasteiger partial charge in [0.25, 0.3) is 15.9 Å². The molecule has 0 radical (unpaired) electrons. The molecule has 0 aliphatic carbocycles. The third kappa shape index (κ3) is 5.96. The van der Waals surface area contributed by atoms with Gasteiger partial charge in [-0.3, -0.25) is 14.0 Å². The highest BCUT2D eigenvalue weighted by atomic mass is 35.5. The summed E-state index contributed by atoms with van der Waals surface area (Å²) < 4.78 is 28.4. The van der Waals surface area contributed by atoms with Gasteiger partial charge in [0.2, 0.25) is 0 Å². The molecule has 4 aromatic rings. The van der Waals surface area contributed by atoms with Crippen LogP contribution in [0.2, 0.25) is 5.02 Å². The molecule has 0 unspecified atom stereocenters. The molecule has 194 valence electrons. The highest BCUT2D eigenvalue weighted by Gasteiger charge is 2.25. The number of nitrogens with zero attached hydrogens (tertiary/aromatic N) is 4. The molecular weight excluding hydrogens is 528 g/mol. The molecule has 4 rings (SSSR count). The van der Waals surface area contributed by atoms with Crippen LogP contribution in [0.15, 0.2) is 77.7 Å². The Morgan fingerprint density at radius 2 is 1.62 bits per heavy atom. The summed E-state index contributed by atoms with van der Waals surface area (Å²) in [6.45, 7) is 7.04. The normalized spacial score (nSPS) is 11.7. The van der Waals surface area contributed by atoms with E-state index in [4.69, 9.17) is 11.6 Å². The minimum Gasteiger partial charge on any atom is -0.302 e. The van der Waals surface area contributed by atoms with Crippen LogP contribution in [0, 0.1) is 0 Å². The first-order valence-corrected chi connectivity index (χ1v) is 14.6. The van der Waals surface area contributed by atoms with Gasteiger partial charge in [0.1, 0.15) is 0 Å². The summed E-state index contributed by atoms with van der Waals surface area (Å²) in [5, 5.41) is 1.19. The summed E-state index contributed by atoms with van der Waals surface area (Å²) >= 11 is 7.57. The van der Waals surface area contributed by atoms with E-state index in [9.17, 15) is 13.2 Å². The van der Waals surface area contributed by atoms with E-state index >= 15 is 0 Å². The Hall–Kier alpha value is -2.98. The monoisotopic (exact) mass is 556 g/mol. The molecule has 0 saturated heterocycles. The van der Waals surface area contributed by atoms with Crippen molar-refractivity contribution in [3.8, 4) is 0 Å². The van der Waals surface area contributed by atoms with Gasteiger partial charge in [-0.15, -0.1) is 0 Å². The van der Waals surface area contributed by atoms with Gasteiger partial charge in [-0.25, -0.2) is 13.4 Å². The summed E-state index contributed by atoms with van der Waals surface area (Å²) in [7, 11) is -2.27. The summed E-state index contributed by atoms with van der Waals surface area (Å²) in [5.74, 6) is -0.238. The molecule has 3 aromatic carbocycles. The Balaban J connectivity index is 1.63. The zero-order valence-electron chi connectivity index (χ0n) is 21.0. The standard InChI is InChI=1S/C27H29ClN4O3S2/c1-4-31(5-2)17-18-32(27-29-24-16-13-21(28)19-25(24)36-27)26(33)20-11-14-23(15-12-20)37(34,35)30(3)22-9-7-6-8-10-22/h6-16,19H,4-5,17-18H2,1-3H3. The van der Waals surface area contributed by atoms with E-state index in [-0.39, 0.29) is 10.8 Å². The van der Waals surface area contributed by atoms with E-state index in [2.05, 4.69) is 23.7 Å². The van der Waals surface area contributed by atoms with Gasteiger partial charge in [-0.1, -0.05) is 55.0 Å². The topological polar surface area (TPSA) is 73.8 Å². The van der Waals surface area contributed by atoms with Crippen molar-refractivity contribution in [3.05, 3.63) is 83.4 Å². The van der Waals surface area contributed by atoms with Crippen molar-refractivity contribution in [2.24, 2.45) is 0 Å². The molecule has 0 N–H and O–H groups in total. The maximum atomic E-state index is 13.7. The van der Waals surface area contributed by atoms with Crippen molar-refractivity contribution in [2.45, 2.75) is 18.7 Å². The first-order chi connectivity index (χ1) is 17.7. The highest BCUT2D eigenvalue weighted by molar-refractivity contribution is 7.92. The largest absolute Gasteiger partial charge is 0.302 e. The van der Waals surface area contributed by atoms with Crippen molar-refractivity contribution in [3.63, 3.8) is 0 Å². The molecule has 1 heterocycles. The molecule has 0 bridgehead atoms. The predicted octanol–water partition coefficient (Wildman–Crippen LogP) is 5.76. The number of hydrogen-bond acceptors (Lipinski definition) is 6. The number of hydrogen-bond donors (Lipinski definition) is 0. The number of thiazole rings is 1. The number of amides is 1. The number of likely N-dealkylation sites (N-methyl/N-ethyl adjacent to an activating group) is 1. The number of benzene rings is 3. The summed E-state index contributed by atoms with van der Waals surface area (Å²) in [4.78, 5) is 22.4. The molecule has 1 amide bonds. The lowest BCUT2D eigenvalue weighted by molar-refractivity contribution is 0.0983. The van der Waals surface area contributed by atoms with Crippen molar-refractivity contribution in [2.75, 3.05) is 42.4 Å². The molecule has 1 aromatic heterocycles. The summed E-state index contributed by atoms with van der Waals surface area (Å²) in [5.41, 5.74) is 1.72. The van der Waals surface area contributed by atoms with Crippen LogP contribution in [0.5, 0.6) is 0 Å². The van der Waals surface area contributed by atoms with Crippen LogP contribution < -0.4 is 9.21 Å². The van der Waals surface area contributed by atoms with E-state index in [0.29, 0.717) is 34.5 Å². The number of halogens is 1. The minimum absolute atomic E-state index is 0.111. The van der Waals surface area contributed by atoms with Crippen LogP contribution in [0.3, 0.4) is 0 Å². The maximum Gasteiger partial charge on any atom is 0.264 e. The average molecular weight is 557 g/mol. The maximum absolute atomic E-state index is 13.7. The second kappa shape index (κ2) is 11.6. The quantitative estimate of drug-likeness (QED) is 0.248. The molecule has 0 fully saturated rings. The molecule has 0 spiro atoms. The third-order valence-electron chi connectivity index (χ3n) is 6.23. The highest BCUT2D eigenvalue weighted by Crippen LogP contribution is 2.32. The van der Waals surface area contributed by atoms with E-state index in [1.165, 1.54) is 34.8 Å². The number of anilines is 2. The van der Waals surface area contributed by atoms with Crippen LogP contribution in [0.1, 0.15) is 24.2 Å². The number of carbonyl (C=O) groups is 1. The van der Waals surface area contributed by atoms with Gasteiger partial charge in [0.15, 0.2) is 5.13 Å². The molecule has 37 heavy (non-hydrogen) atoms. The van der Waals surface area contributed by atoms with Gasteiger partial charge in [-0.05, 0) is 67.7 Å². The van der Waals surface area contributed by atoms with Crippen LogP contribution in [-0.4, -0.2) is 57.4 Å². The second-order valence-corrected chi connectivity index (χ2v) is 11.8. The average Bonchev–Trinajstić information content (AvgIpc) is 3.33. The van der Waals surface area contributed by atoms with Crippen molar-refractivity contribution in [1.82, 2.24) is 9.88 Å². The second-order valence-electron chi connectivity index (χ2n) is 8.42. The van der Waals surface area contributed by atoms with Crippen LogP contribution >= 0.6 is 22.9 Å².